The van der Waals surface area contributed by atoms with Crippen molar-refractivity contribution >= 4 is 75.5 Å². The molecule has 5 aromatic carbocycles. The van der Waals surface area contributed by atoms with E-state index in [0.717, 1.165) is 23.0 Å². The number of halogens is 3. The molecule has 0 atom stereocenters. The summed E-state index contributed by atoms with van der Waals surface area (Å²) in [5.41, 5.74) is 2.45. The summed E-state index contributed by atoms with van der Waals surface area (Å²) in [5, 5.41) is 1.37. The zero-order valence-electron chi connectivity index (χ0n) is 26.4. The molecule has 0 heterocycles. The Morgan fingerprint density at radius 3 is 0.960 bits per heavy atom. The first-order valence-corrected chi connectivity index (χ1v) is 22.7. The first kappa shape index (κ1) is 35.1. The van der Waals surface area contributed by atoms with Crippen molar-refractivity contribution in [2.24, 2.45) is 0 Å². The topological polar surface area (TPSA) is 52.6 Å². The Balaban J connectivity index is 1.43. The van der Waals surface area contributed by atoms with Crippen molar-refractivity contribution in [3.63, 3.8) is 0 Å². The Morgan fingerprint density at radius 1 is 0.400 bits per heavy atom. The van der Waals surface area contributed by atoms with E-state index in [1.54, 1.807) is 97.1 Å². The third kappa shape index (κ3) is 6.73. The fraction of sp³-hybridized carbons (Fsp3) is 0. The van der Waals surface area contributed by atoms with Gasteiger partial charge in [-0.05, 0) is 0 Å². The van der Waals surface area contributed by atoms with Gasteiger partial charge in [0.25, 0.3) is 0 Å². The van der Waals surface area contributed by atoms with Crippen LogP contribution in [0.2, 0.25) is 15.1 Å². The maximum absolute atomic E-state index is 14.6. The van der Waals surface area contributed by atoms with Crippen LogP contribution in [0.4, 0.5) is 0 Å². The molecule has 246 valence electrons. The number of benzene rings is 5. The van der Waals surface area contributed by atoms with Crippen LogP contribution in [0.25, 0.3) is 0 Å². The minimum absolute atomic E-state index is 0.283. The molecule has 8 heteroatoms. The van der Waals surface area contributed by atoms with Gasteiger partial charge in [0.15, 0.2) is 0 Å². The Kier molecular flexibility index (Phi) is 10.4. The molecule has 7 rings (SSSR count). The van der Waals surface area contributed by atoms with E-state index >= 15 is 0 Å². The molecular weight excluding hydrogens is 797 g/mol. The molecule has 2 fully saturated rings. The van der Waals surface area contributed by atoms with Crippen LogP contribution in [0.5, 0.6) is 0 Å². The van der Waals surface area contributed by atoms with Crippen LogP contribution in [0.15, 0.2) is 121 Å². The molecule has 0 N–H and O–H groups in total. The molecule has 10 radical (unpaired) electrons. The van der Waals surface area contributed by atoms with Gasteiger partial charge < -0.3 is 0 Å². The van der Waals surface area contributed by atoms with Crippen LogP contribution in [-0.4, -0.2) is 30.2 Å². The standard InChI is InChI=1S/2C12H9O2.3C6H4Cl.Sb/c2*13-12(14)11-7-5-10(6-8-11)9-3-1-2-4-9;3*7-6-4-2-1-3-5-6;/h2*1-8H,(H,13,14);3*2-5H;/q;;;;;+2/p-2. The average Bonchev–Trinajstić information content (AvgIpc) is 3.89. The molecule has 2 aliphatic carbocycles. The normalized spacial score (nSPS) is 16.1. The van der Waals surface area contributed by atoms with Gasteiger partial charge in [0.05, 0.1) is 0 Å². The van der Waals surface area contributed by atoms with Crippen LogP contribution in [0.1, 0.15) is 31.8 Å². The number of hydrogen-bond acceptors (Lipinski definition) is 4. The predicted molar refractivity (Wildman–Crippen MR) is 202 cm³/mol. The van der Waals surface area contributed by atoms with Gasteiger partial charge in [0.1, 0.15) is 0 Å². The van der Waals surface area contributed by atoms with E-state index < -0.39 is 30.2 Å². The quantitative estimate of drug-likeness (QED) is 0.141. The van der Waals surface area contributed by atoms with Gasteiger partial charge >= 0.3 is 313 Å². The monoisotopic (exact) mass is 822 g/mol. The molecule has 0 saturated heterocycles. The first-order chi connectivity index (χ1) is 24.2. The summed E-state index contributed by atoms with van der Waals surface area (Å²) in [6.45, 7) is 0. The van der Waals surface area contributed by atoms with Crippen LogP contribution in [-0.2, 0) is 6.03 Å². The van der Waals surface area contributed by atoms with Crippen LogP contribution < -0.4 is 10.5 Å². The second-order valence-electron chi connectivity index (χ2n) is 11.6. The third-order valence-electron chi connectivity index (χ3n) is 8.63. The fourth-order valence-corrected chi connectivity index (χ4v) is 19.2. The van der Waals surface area contributed by atoms with E-state index in [9.17, 15) is 9.59 Å². The van der Waals surface area contributed by atoms with Crippen molar-refractivity contribution < 1.29 is 15.6 Å². The number of rotatable bonds is 9. The average molecular weight is 825 g/mol. The molecule has 4 nitrogen and oxygen atoms in total. The van der Waals surface area contributed by atoms with Gasteiger partial charge in [-0.3, -0.25) is 0 Å². The molecule has 0 unspecified atom stereocenters. The zero-order valence-corrected chi connectivity index (χ0v) is 31.2. The van der Waals surface area contributed by atoms with Crippen molar-refractivity contribution in [3.05, 3.63) is 222 Å². The molecule has 0 amide bonds. The van der Waals surface area contributed by atoms with Gasteiger partial charge in [0.2, 0.25) is 0 Å². The van der Waals surface area contributed by atoms with Gasteiger partial charge in [-0.15, -0.1) is 0 Å². The van der Waals surface area contributed by atoms with Gasteiger partial charge in [-0.1, -0.05) is 0 Å². The number of hydrogen-bond donors (Lipinski definition) is 0. The Hall–Kier alpha value is -3.27. The fourth-order valence-electron chi connectivity index (χ4n) is 6.07. The Morgan fingerprint density at radius 2 is 0.680 bits per heavy atom. The molecule has 5 aromatic rings. The Labute approximate surface area is 310 Å². The molecule has 0 bridgehead atoms. The molecule has 50 heavy (non-hydrogen) atoms. The number of carbonyl (C=O) groups is 2. The summed E-state index contributed by atoms with van der Waals surface area (Å²) in [6, 6.07) is 35.0. The van der Waals surface area contributed by atoms with Crippen LogP contribution in [0, 0.1) is 63.2 Å². The van der Waals surface area contributed by atoms with Crippen LogP contribution >= 0.6 is 34.8 Å². The molecule has 0 aromatic heterocycles. The zero-order chi connectivity index (χ0) is 34.7. The molecule has 2 aliphatic rings. The van der Waals surface area contributed by atoms with Crippen molar-refractivity contribution in [1.82, 2.24) is 0 Å². The van der Waals surface area contributed by atoms with E-state index in [1.165, 1.54) is 0 Å². The summed E-state index contributed by atoms with van der Waals surface area (Å²) in [7, 11) is 0. The SMILES string of the molecule is O=C([O][Sb]([O]C(=O)c1ccc([C]2[CH][CH][CH][CH]2)cc1)([c]1ccc(Cl)cc1)([c]1ccc(Cl)cc1)[c]1ccc(Cl)cc1)c1ccc([C]2[CH][CH][CH][CH]2)cc1. The van der Waals surface area contributed by atoms with Gasteiger partial charge in [-0.25, -0.2) is 0 Å². The number of carbonyl (C=O) groups excluding carboxylic acids is 2. The van der Waals surface area contributed by atoms with E-state index in [0.29, 0.717) is 25.6 Å². The second-order valence-corrected chi connectivity index (χ2v) is 23.9. The molecule has 0 aliphatic heterocycles. The van der Waals surface area contributed by atoms with Crippen molar-refractivity contribution in [3.8, 4) is 0 Å². The predicted octanol–water partition coefficient (Wildman–Crippen LogP) is 8.29. The van der Waals surface area contributed by atoms with E-state index in [-0.39, 0.29) is 11.1 Å². The van der Waals surface area contributed by atoms with Gasteiger partial charge in [0, 0.05) is 0 Å². The summed E-state index contributed by atoms with van der Waals surface area (Å²) in [5.74, 6) is 0.715. The minimum atomic E-state index is -6.34. The van der Waals surface area contributed by atoms with Crippen molar-refractivity contribution in [2.45, 2.75) is 0 Å². The first-order valence-electron chi connectivity index (χ1n) is 15.7. The van der Waals surface area contributed by atoms with E-state index in [2.05, 4.69) is 0 Å². The Bertz CT molecular complexity index is 1770. The third-order valence-corrected chi connectivity index (χ3v) is 22.9. The maximum atomic E-state index is 14.6. The van der Waals surface area contributed by atoms with Crippen LogP contribution in [0.3, 0.4) is 0 Å². The van der Waals surface area contributed by atoms with E-state index in [1.807, 2.05) is 75.6 Å². The summed E-state index contributed by atoms with van der Waals surface area (Å²) >= 11 is 13.0. The summed E-state index contributed by atoms with van der Waals surface area (Å²) in [6.07, 6.45) is 15.8. The van der Waals surface area contributed by atoms with Gasteiger partial charge in [-0.2, -0.15) is 0 Å². The summed E-state index contributed by atoms with van der Waals surface area (Å²) < 4.78 is 15.5. The summed E-state index contributed by atoms with van der Waals surface area (Å²) in [4.78, 5) is 29.3. The van der Waals surface area contributed by atoms with E-state index in [4.69, 9.17) is 40.8 Å². The molecular formula is C42H28Cl3O4Sb. The van der Waals surface area contributed by atoms with Crippen molar-refractivity contribution in [2.75, 3.05) is 0 Å². The second kappa shape index (κ2) is 14.8. The van der Waals surface area contributed by atoms with Crippen molar-refractivity contribution in [1.29, 1.82) is 0 Å². The molecule has 2 saturated carbocycles. The molecule has 0 spiro atoms.